The molecule has 160 valence electrons. The molecule has 0 spiro atoms. The Labute approximate surface area is 181 Å². The van der Waals surface area contributed by atoms with Crippen LogP contribution in [-0.4, -0.2) is 28.6 Å². The van der Waals surface area contributed by atoms with Gasteiger partial charge < -0.3 is 9.84 Å². The summed E-state index contributed by atoms with van der Waals surface area (Å²) < 4.78 is 20.1. The Morgan fingerprint density at radius 1 is 1.00 bits per heavy atom. The van der Waals surface area contributed by atoms with Crippen molar-refractivity contribution < 1.29 is 19.0 Å². The van der Waals surface area contributed by atoms with E-state index >= 15 is 0 Å². The molecule has 1 fully saturated rings. The average Bonchev–Trinajstić information content (AvgIpc) is 2.79. The monoisotopic (exact) mass is 419 g/mol. The number of aliphatic carboxylic acids is 1. The maximum absolute atomic E-state index is 14.1. The number of nitrogens with zero attached hydrogens (tertiary/aromatic N) is 1. The van der Waals surface area contributed by atoms with E-state index in [9.17, 15) is 14.3 Å². The molecule has 0 radical (unpaired) electrons. The number of benzene rings is 3. The first kappa shape index (κ1) is 21.1. The van der Waals surface area contributed by atoms with Crippen molar-refractivity contribution in [2.24, 2.45) is 0 Å². The van der Waals surface area contributed by atoms with Gasteiger partial charge in [0.25, 0.3) is 0 Å². The number of carboxylic acid groups (broad SMARTS) is 1. The summed E-state index contributed by atoms with van der Waals surface area (Å²) in [5.74, 6) is -0.466. The Morgan fingerprint density at radius 2 is 1.74 bits per heavy atom. The minimum Gasteiger partial charge on any atom is -0.489 e. The molecule has 1 aliphatic rings. The van der Waals surface area contributed by atoms with Crippen molar-refractivity contribution in [1.82, 2.24) is 4.90 Å². The van der Waals surface area contributed by atoms with Crippen molar-refractivity contribution >= 4 is 5.97 Å². The van der Waals surface area contributed by atoms with Gasteiger partial charge in [-0.15, -0.1) is 0 Å². The summed E-state index contributed by atoms with van der Waals surface area (Å²) in [5.41, 5.74) is 2.70. The van der Waals surface area contributed by atoms with Crippen LogP contribution in [-0.2, 0) is 11.4 Å². The van der Waals surface area contributed by atoms with Gasteiger partial charge in [-0.3, -0.25) is 9.69 Å². The molecule has 1 heterocycles. The summed E-state index contributed by atoms with van der Waals surface area (Å²) >= 11 is 0. The van der Waals surface area contributed by atoms with E-state index in [4.69, 9.17) is 4.74 Å². The first-order valence-corrected chi connectivity index (χ1v) is 10.6. The number of carboxylic acids is 1. The van der Waals surface area contributed by atoms with Crippen LogP contribution in [0.2, 0.25) is 0 Å². The van der Waals surface area contributed by atoms with Gasteiger partial charge in [0.1, 0.15) is 24.2 Å². The lowest BCUT2D eigenvalue weighted by atomic mass is 9.91. The van der Waals surface area contributed by atoms with Crippen molar-refractivity contribution in [1.29, 1.82) is 0 Å². The van der Waals surface area contributed by atoms with E-state index in [1.165, 1.54) is 12.1 Å². The van der Waals surface area contributed by atoms with Crippen LogP contribution in [0.25, 0.3) is 0 Å². The zero-order valence-corrected chi connectivity index (χ0v) is 17.3. The van der Waals surface area contributed by atoms with E-state index in [0.717, 1.165) is 29.5 Å². The highest BCUT2D eigenvalue weighted by molar-refractivity contribution is 5.73. The molecule has 0 aliphatic carbocycles. The van der Waals surface area contributed by atoms with Crippen molar-refractivity contribution in [2.75, 3.05) is 6.54 Å². The molecule has 2 atom stereocenters. The second kappa shape index (κ2) is 9.75. The van der Waals surface area contributed by atoms with Crippen LogP contribution in [0.1, 0.15) is 42.0 Å². The Morgan fingerprint density at radius 3 is 2.48 bits per heavy atom. The second-order valence-electron chi connectivity index (χ2n) is 7.89. The Bertz CT molecular complexity index is 1020. The number of ether oxygens (including phenoxy) is 1. The Hall–Kier alpha value is -3.18. The molecule has 0 aromatic heterocycles. The number of rotatable bonds is 7. The fourth-order valence-corrected chi connectivity index (χ4v) is 4.30. The van der Waals surface area contributed by atoms with Crippen molar-refractivity contribution in [2.45, 2.75) is 38.0 Å². The van der Waals surface area contributed by atoms with Gasteiger partial charge in [-0.25, -0.2) is 4.39 Å². The summed E-state index contributed by atoms with van der Waals surface area (Å²) in [4.78, 5) is 14.0. The average molecular weight is 419 g/mol. The number of carbonyl (C=O) groups is 1. The molecule has 5 heteroatoms. The van der Waals surface area contributed by atoms with Crippen molar-refractivity contribution in [3.05, 3.63) is 101 Å². The number of likely N-dealkylation sites (tertiary alicyclic amines) is 1. The molecule has 1 N–H and O–H groups in total. The topological polar surface area (TPSA) is 49.8 Å². The van der Waals surface area contributed by atoms with Gasteiger partial charge in [-0.2, -0.15) is 0 Å². The molecule has 2 unspecified atom stereocenters. The van der Waals surface area contributed by atoms with Gasteiger partial charge in [0.15, 0.2) is 0 Å². The summed E-state index contributed by atoms with van der Waals surface area (Å²) in [6.45, 7) is 1.09. The number of piperidine rings is 1. The SMILES string of the molecule is O=C(O)C1CCCCN1C(c1cccc(F)c1)c1cccc(OCc2ccccc2)c1. The van der Waals surface area contributed by atoms with Gasteiger partial charge >= 0.3 is 5.97 Å². The maximum Gasteiger partial charge on any atom is 0.320 e. The molecule has 1 aliphatic heterocycles. The van der Waals surface area contributed by atoms with Crippen LogP contribution in [0.5, 0.6) is 5.75 Å². The minimum absolute atomic E-state index is 0.331. The van der Waals surface area contributed by atoms with E-state index < -0.39 is 12.0 Å². The molecule has 4 nitrogen and oxygen atoms in total. The Kier molecular flexibility index (Phi) is 6.63. The zero-order chi connectivity index (χ0) is 21.6. The highest BCUT2D eigenvalue weighted by atomic mass is 19.1. The fraction of sp³-hybridized carbons (Fsp3) is 0.269. The first-order valence-electron chi connectivity index (χ1n) is 10.6. The highest BCUT2D eigenvalue weighted by Gasteiger charge is 2.35. The first-order chi connectivity index (χ1) is 15.1. The number of hydrogen-bond donors (Lipinski definition) is 1. The van der Waals surface area contributed by atoms with Crippen molar-refractivity contribution in [3.63, 3.8) is 0 Å². The third-order valence-electron chi connectivity index (χ3n) is 5.75. The summed E-state index contributed by atoms with van der Waals surface area (Å²) in [5, 5.41) is 9.83. The van der Waals surface area contributed by atoms with Gasteiger partial charge in [0.05, 0.1) is 6.04 Å². The predicted octanol–water partition coefficient (Wildman–Crippen LogP) is 5.43. The molecule has 31 heavy (non-hydrogen) atoms. The predicted molar refractivity (Wildman–Crippen MR) is 117 cm³/mol. The van der Waals surface area contributed by atoms with E-state index in [1.54, 1.807) is 6.07 Å². The second-order valence-corrected chi connectivity index (χ2v) is 7.89. The molecular formula is C26H26FNO3. The standard InChI is InChI=1S/C26H26FNO3/c27-22-12-6-10-20(16-22)25(28-15-5-4-14-24(28)26(29)30)21-11-7-13-23(17-21)31-18-19-8-2-1-3-9-19/h1-3,6-13,16-17,24-25H,4-5,14-15,18H2,(H,29,30). The lowest BCUT2D eigenvalue weighted by molar-refractivity contribution is -0.145. The van der Waals surface area contributed by atoms with Gasteiger partial charge in [-0.1, -0.05) is 61.0 Å². The van der Waals surface area contributed by atoms with Crippen LogP contribution in [0.15, 0.2) is 78.9 Å². The third-order valence-corrected chi connectivity index (χ3v) is 5.75. The van der Waals surface area contributed by atoms with Crippen LogP contribution >= 0.6 is 0 Å². The molecule has 0 saturated carbocycles. The zero-order valence-electron chi connectivity index (χ0n) is 17.3. The summed E-state index contributed by atoms with van der Waals surface area (Å²) in [7, 11) is 0. The number of hydrogen-bond acceptors (Lipinski definition) is 3. The van der Waals surface area contributed by atoms with Crippen LogP contribution in [0.3, 0.4) is 0 Å². The van der Waals surface area contributed by atoms with Gasteiger partial charge in [0.2, 0.25) is 0 Å². The molecule has 3 aromatic carbocycles. The molecule has 4 rings (SSSR count). The van der Waals surface area contributed by atoms with E-state index in [2.05, 4.69) is 0 Å². The summed E-state index contributed by atoms with van der Waals surface area (Å²) in [6.07, 6.45) is 2.38. The van der Waals surface area contributed by atoms with Gasteiger partial charge in [0, 0.05) is 0 Å². The lowest BCUT2D eigenvalue weighted by Crippen LogP contribution is -2.46. The highest BCUT2D eigenvalue weighted by Crippen LogP contribution is 2.35. The van der Waals surface area contributed by atoms with E-state index in [0.29, 0.717) is 25.3 Å². The minimum atomic E-state index is -0.836. The van der Waals surface area contributed by atoms with E-state index in [1.807, 2.05) is 65.6 Å². The van der Waals surface area contributed by atoms with Gasteiger partial charge in [-0.05, 0) is 60.3 Å². The van der Waals surface area contributed by atoms with Crippen LogP contribution in [0, 0.1) is 5.82 Å². The van der Waals surface area contributed by atoms with Crippen LogP contribution in [0.4, 0.5) is 4.39 Å². The molecule has 1 saturated heterocycles. The van der Waals surface area contributed by atoms with Crippen LogP contribution < -0.4 is 4.74 Å². The molecule has 0 bridgehead atoms. The van der Waals surface area contributed by atoms with Crippen molar-refractivity contribution in [3.8, 4) is 5.75 Å². The Balaban J connectivity index is 1.67. The normalized spacial score (nSPS) is 17.8. The fourth-order valence-electron chi connectivity index (χ4n) is 4.30. The molecule has 3 aromatic rings. The smallest absolute Gasteiger partial charge is 0.320 e. The third kappa shape index (κ3) is 5.12. The largest absolute Gasteiger partial charge is 0.489 e. The number of halogens is 1. The molecular weight excluding hydrogens is 393 g/mol. The maximum atomic E-state index is 14.1. The summed E-state index contributed by atoms with van der Waals surface area (Å²) in [6, 6.07) is 23.1. The lowest BCUT2D eigenvalue weighted by Gasteiger charge is -2.39. The quantitative estimate of drug-likeness (QED) is 0.555. The van der Waals surface area contributed by atoms with E-state index in [-0.39, 0.29) is 11.9 Å². The molecule has 0 amide bonds.